The molecule has 1 atom stereocenters. The number of fused-ring (bicyclic) bond motifs is 1. The van der Waals surface area contributed by atoms with Crippen molar-refractivity contribution in [3.05, 3.63) is 70.2 Å². The highest BCUT2D eigenvalue weighted by Crippen LogP contribution is 2.37. The van der Waals surface area contributed by atoms with Crippen molar-refractivity contribution in [1.82, 2.24) is 4.57 Å². The van der Waals surface area contributed by atoms with E-state index in [4.69, 9.17) is 11.6 Å². The van der Waals surface area contributed by atoms with Gasteiger partial charge in [-0.15, -0.1) is 0 Å². The maximum absolute atomic E-state index is 12.9. The Morgan fingerprint density at radius 2 is 1.93 bits per heavy atom. The number of imide groups is 1. The molecular weight excluding hydrogens is 392 g/mol. The van der Waals surface area contributed by atoms with Crippen LogP contribution in [0, 0.1) is 0 Å². The summed E-state index contributed by atoms with van der Waals surface area (Å²) < 4.78 is 2.22. The molecule has 3 aromatic rings. The van der Waals surface area contributed by atoms with E-state index in [0.29, 0.717) is 21.7 Å². The Bertz CT molecular complexity index is 1120. The number of benzene rings is 2. The molecule has 2 amide bonds. The van der Waals surface area contributed by atoms with E-state index in [9.17, 15) is 9.59 Å². The van der Waals surface area contributed by atoms with E-state index in [2.05, 4.69) is 30.7 Å². The van der Waals surface area contributed by atoms with Gasteiger partial charge in [-0.3, -0.25) is 9.59 Å². The van der Waals surface area contributed by atoms with Gasteiger partial charge in [0.15, 0.2) is 0 Å². The number of nitrogens with zero attached hydrogens (tertiary/aromatic N) is 2. The summed E-state index contributed by atoms with van der Waals surface area (Å²) in [7, 11) is 0. The zero-order chi connectivity index (χ0) is 19.8. The van der Waals surface area contributed by atoms with Gasteiger partial charge >= 0.3 is 0 Å². The first-order chi connectivity index (χ1) is 13.5. The normalized spacial score (nSPS) is 17.1. The topological polar surface area (TPSA) is 42.3 Å². The fourth-order valence-electron chi connectivity index (χ4n) is 3.35. The lowest BCUT2D eigenvalue weighted by molar-refractivity contribution is -0.113. The molecule has 142 valence electrons. The molecule has 1 aliphatic heterocycles. The van der Waals surface area contributed by atoms with Crippen LogP contribution in [0.1, 0.15) is 31.9 Å². The molecule has 0 aliphatic carbocycles. The maximum Gasteiger partial charge on any atom is 0.298 e. The molecule has 0 N–H and O–H groups in total. The van der Waals surface area contributed by atoms with Crippen molar-refractivity contribution in [2.24, 2.45) is 0 Å². The fourth-order valence-corrected chi connectivity index (χ4v) is 4.37. The van der Waals surface area contributed by atoms with Crippen LogP contribution in [-0.4, -0.2) is 15.7 Å². The van der Waals surface area contributed by atoms with Gasteiger partial charge in [0, 0.05) is 33.7 Å². The number of carbonyl (C=O) groups excluding carboxylic acids is 2. The van der Waals surface area contributed by atoms with E-state index in [1.54, 1.807) is 24.3 Å². The minimum atomic E-state index is -0.322. The lowest BCUT2D eigenvalue weighted by Gasteiger charge is -2.12. The molecule has 28 heavy (non-hydrogen) atoms. The monoisotopic (exact) mass is 410 g/mol. The highest BCUT2D eigenvalue weighted by atomic mass is 35.5. The van der Waals surface area contributed by atoms with E-state index in [0.717, 1.165) is 34.6 Å². The van der Waals surface area contributed by atoms with Crippen molar-refractivity contribution in [2.75, 3.05) is 4.90 Å². The van der Waals surface area contributed by atoms with Crippen LogP contribution in [0.2, 0.25) is 5.02 Å². The van der Waals surface area contributed by atoms with E-state index >= 15 is 0 Å². The molecule has 1 aliphatic rings. The number of aromatic nitrogens is 1. The van der Waals surface area contributed by atoms with Gasteiger partial charge in [-0.05, 0) is 55.4 Å². The molecule has 1 fully saturated rings. The van der Waals surface area contributed by atoms with Gasteiger partial charge in [0.25, 0.3) is 11.1 Å². The van der Waals surface area contributed by atoms with Gasteiger partial charge in [-0.25, -0.2) is 4.90 Å². The number of carbonyl (C=O) groups is 2. The molecule has 4 rings (SSSR count). The molecular formula is C22H19ClN2O2S. The maximum atomic E-state index is 12.9. The Morgan fingerprint density at radius 3 is 2.68 bits per heavy atom. The van der Waals surface area contributed by atoms with Crippen LogP contribution in [0.4, 0.5) is 10.5 Å². The summed E-state index contributed by atoms with van der Waals surface area (Å²) in [6.45, 7) is 4.32. The molecule has 0 saturated carbocycles. The average Bonchev–Trinajstić information content (AvgIpc) is 3.19. The number of hydrogen-bond acceptors (Lipinski definition) is 3. The van der Waals surface area contributed by atoms with Crippen molar-refractivity contribution < 1.29 is 9.59 Å². The molecule has 2 heterocycles. The fraction of sp³-hybridized carbons (Fsp3) is 0.182. The molecule has 1 saturated heterocycles. The second kappa shape index (κ2) is 7.49. The minimum Gasteiger partial charge on any atom is -0.344 e. The first-order valence-corrected chi connectivity index (χ1v) is 10.3. The van der Waals surface area contributed by atoms with E-state index in [-0.39, 0.29) is 11.1 Å². The van der Waals surface area contributed by atoms with Gasteiger partial charge in [-0.1, -0.05) is 42.8 Å². The second-order valence-electron chi connectivity index (χ2n) is 6.76. The van der Waals surface area contributed by atoms with Crippen LogP contribution >= 0.6 is 23.4 Å². The van der Waals surface area contributed by atoms with Crippen LogP contribution in [0.3, 0.4) is 0 Å². The largest absolute Gasteiger partial charge is 0.344 e. The van der Waals surface area contributed by atoms with Crippen LogP contribution in [0.15, 0.2) is 59.6 Å². The SMILES string of the molecule is CC[C@H](C)n1cc(/C=C2/SC(=O)N(c3cccc(Cl)c3)C2=O)c2ccccc21. The van der Waals surface area contributed by atoms with E-state index < -0.39 is 0 Å². The van der Waals surface area contributed by atoms with Crippen molar-refractivity contribution in [3.8, 4) is 0 Å². The van der Waals surface area contributed by atoms with Crippen molar-refractivity contribution >= 4 is 57.2 Å². The summed E-state index contributed by atoms with van der Waals surface area (Å²) in [5.74, 6) is -0.322. The predicted octanol–water partition coefficient (Wildman–Crippen LogP) is 6.51. The lowest BCUT2D eigenvalue weighted by atomic mass is 10.1. The molecule has 0 radical (unpaired) electrons. The minimum absolute atomic E-state index is 0.316. The zero-order valence-corrected chi connectivity index (χ0v) is 17.1. The third-order valence-corrected chi connectivity index (χ3v) is 6.09. The Labute approximate surface area is 172 Å². The molecule has 0 spiro atoms. The number of thioether (sulfide) groups is 1. The number of amides is 2. The summed E-state index contributed by atoms with van der Waals surface area (Å²) in [4.78, 5) is 27.0. The van der Waals surface area contributed by atoms with Crippen LogP contribution in [-0.2, 0) is 4.79 Å². The Kier molecular flexibility index (Phi) is 5.04. The smallest absolute Gasteiger partial charge is 0.298 e. The van der Waals surface area contributed by atoms with Crippen molar-refractivity contribution in [1.29, 1.82) is 0 Å². The van der Waals surface area contributed by atoms with Gasteiger partial charge < -0.3 is 4.57 Å². The van der Waals surface area contributed by atoms with Gasteiger partial charge in [0.05, 0.1) is 10.6 Å². The third kappa shape index (κ3) is 3.25. The van der Waals surface area contributed by atoms with Gasteiger partial charge in [-0.2, -0.15) is 0 Å². The number of hydrogen-bond donors (Lipinski definition) is 0. The molecule has 0 bridgehead atoms. The third-order valence-electron chi connectivity index (χ3n) is 4.98. The lowest BCUT2D eigenvalue weighted by Crippen LogP contribution is -2.27. The summed E-state index contributed by atoms with van der Waals surface area (Å²) >= 11 is 6.98. The standard InChI is InChI=1S/C22H19ClN2O2S/c1-3-14(2)24-13-15(18-9-4-5-10-19(18)24)11-20-21(26)25(22(27)28-20)17-8-6-7-16(23)12-17/h4-14H,3H2,1-2H3/b20-11+/t14-/m0/s1. The van der Waals surface area contributed by atoms with Crippen molar-refractivity contribution in [3.63, 3.8) is 0 Å². The zero-order valence-electron chi connectivity index (χ0n) is 15.6. The quantitative estimate of drug-likeness (QED) is 0.460. The number of para-hydroxylation sites is 1. The van der Waals surface area contributed by atoms with Crippen LogP contribution in [0.5, 0.6) is 0 Å². The summed E-state index contributed by atoms with van der Waals surface area (Å²) in [6, 6.07) is 15.2. The molecule has 6 heteroatoms. The molecule has 2 aromatic carbocycles. The Morgan fingerprint density at radius 1 is 1.14 bits per heavy atom. The Balaban J connectivity index is 1.76. The van der Waals surface area contributed by atoms with Crippen LogP contribution in [0.25, 0.3) is 17.0 Å². The molecule has 0 unspecified atom stereocenters. The van der Waals surface area contributed by atoms with Crippen LogP contribution < -0.4 is 4.90 Å². The van der Waals surface area contributed by atoms with E-state index in [1.165, 1.54) is 4.90 Å². The summed E-state index contributed by atoms with van der Waals surface area (Å²) in [5, 5.41) is 1.23. The summed E-state index contributed by atoms with van der Waals surface area (Å²) in [6.07, 6.45) is 4.88. The average molecular weight is 411 g/mol. The highest BCUT2D eigenvalue weighted by molar-refractivity contribution is 8.19. The Hall–Kier alpha value is -2.50. The van der Waals surface area contributed by atoms with Crippen molar-refractivity contribution in [2.45, 2.75) is 26.3 Å². The first-order valence-electron chi connectivity index (χ1n) is 9.12. The molecule has 1 aromatic heterocycles. The number of anilines is 1. The van der Waals surface area contributed by atoms with Gasteiger partial charge in [0.2, 0.25) is 0 Å². The van der Waals surface area contributed by atoms with E-state index in [1.807, 2.05) is 24.3 Å². The second-order valence-corrected chi connectivity index (χ2v) is 8.19. The highest BCUT2D eigenvalue weighted by Gasteiger charge is 2.36. The summed E-state index contributed by atoms with van der Waals surface area (Å²) in [5.41, 5.74) is 2.55. The molecule has 4 nitrogen and oxygen atoms in total. The number of rotatable bonds is 4. The number of halogens is 1. The predicted molar refractivity (Wildman–Crippen MR) is 117 cm³/mol. The first kappa shape index (κ1) is 18.8. The van der Waals surface area contributed by atoms with Gasteiger partial charge in [0.1, 0.15) is 0 Å².